The van der Waals surface area contributed by atoms with E-state index in [1.165, 1.54) is 6.92 Å². The summed E-state index contributed by atoms with van der Waals surface area (Å²) in [5, 5.41) is 0.957. The van der Waals surface area contributed by atoms with Gasteiger partial charge in [0.2, 0.25) is 0 Å². The highest BCUT2D eigenvalue weighted by molar-refractivity contribution is 6.33. The molecule has 0 aliphatic rings. The molecule has 1 rings (SSSR count). The molecule has 12 heavy (non-hydrogen) atoms. The largest absolute Gasteiger partial charge is 0.461 e. The zero-order chi connectivity index (χ0) is 8.97. The van der Waals surface area contributed by atoms with E-state index in [0.717, 1.165) is 10.8 Å². The van der Waals surface area contributed by atoms with E-state index in [0.29, 0.717) is 6.61 Å². The van der Waals surface area contributed by atoms with Gasteiger partial charge in [0.05, 0.1) is 10.2 Å². The molecule has 0 aliphatic heterocycles. The molecule has 0 aromatic heterocycles. The summed E-state index contributed by atoms with van der Waals surface area (Å²) in [4.78, 5) is 10.5. The highest BCUT2D eigenvalue weighted by Crippen LogP contribution is 1.96. The summed E-state index contributed by atoms with van der Waals surface area (Å²) < 4.78 is 4.84. The molecule has 0 aliphatic carbocycles. The number of hydrogen-bond acceptors (Lipinski definition) is 2. The van der Waals surface area contributed by atoms with Gasteiger partial charge in [0, 0.05) is 6.92 Å². The molecule has 1 aromatic rings. The minimum Gasteiger partial charge on any atom is -0.461 e. The normalized spacial score (nSPS) is 9.50. The van der Waals surface area contributed by atoms with Crippen molar-refractivity contribution in [1.29, 1.82) is 0 Å². The first-order valence-electron chi connectivity index (χ1n) is 3.63. The minimum atomic E-state index is -0.259. The van der Waals surface area contributed by atoms with Crippen LogP contribution in [0.3, 0.4) is 0 Å². The predicted octanol–water partition coefficient (Wildman–Crippen LogP) is 0.543. The van der Waals surface area contributed by atoms with Crippen LogP contribution in [0.5, 0.6) is 0 Å². The third kappa shape index (κ3) is 2.51. The lowest BCUT2D eigenvalue weighted by atomic mass is 10.2. The molecule has 0 saturated heterocycles. The molecular weight excluding hydrogens is 168 g/mol. The topological polar surface area (TPSA) is 26.3 Å². The van der Waals surface area contributed by atoms with Crippen LogP contribution in [-0.4, -0.2) is 16.2 Å². The number of benzene rings is 1. The number of hydrogen-bond donors (Lipinski definition) is 0. The van der Waals surface area contributed by atoms with E-state index in [-0.39, 0.29) is 5.97 Å². The van der Waals surface area contributed by atoms with Crippen molar-refractivity contribution in [1.82, 2.24) is 0 Å². The van der Waals surface area contributed by atoms with Crippen LogP contribution in [0.2, 0.25) is 0 Å². The molecule has 0 atom stereocenters. The Hall–Kier alpha value is -1.09. The van der Waals surface area contributed by atoms with Gasteiger partial charge >= 0.3 is 5.97 Å². The molecule has 0 spiro atoms. The first-order valence-corrected chi connectivity index (χ1v) is 4.13. The lowest BCUT2D eigenvalue weighted by Crippen LogP contribution is -2.11. The zero-order valence-electron chi connectivity index (χ0n) is 6.83. The predicted molar refractivity (Wildman–Crippen MR) is 47.3 cm³/mol. The highest BCUT2D eigenvalue weighted by Gasteiger charge is 1.98. The van der Waals surface area contributed by atoms with E-state index in [1.54, 1.807) is 0 Å². The maximum atomic E-state index is 10.5. The molecule has 1 aromatic carbocycles. The molecular formula is C9H9O2Si. The first kappa shape index (κ1) is 9.00. The van der Waals surface area contributed by atoms with Gasteiger partial charge in [-0.15, -0.1) is 0 Å². The molecule has 0 unspecified atom stereocenters. The van der Waals surface area contributed by atoms with Gasteiger partial charge in [-0.2, -0.15) is 0 Å². The second kappa shape index (κ2) is 4.06. The lowest BCUT2D eigenvalue weighted by Gasteiger charge is -2.04. The van der Waals surface area contributed by atoms with Crippen LogP contribution < -0.4 is 5.19 Å². The molecule has 0 bridgehead atoms. The quantitative estimate of drug-likeness (QED) is 0.487. The number of ether oxygens (including phenoxy) is 1. The van der Waals surface area contributed by atoms with Crippen molar-refractivity contribution in [2.75, 3.05) is 0 Å². The monoisotopic (exact) mass is 177 g/mol. The molecule has 0 fully saturated rings. The van der Waals surface area contributed by atoms with Gasteiger partial charge in [-0.3, -0.25) is 4.79 Å². The Bertz CT molecular complexity index is 284. The van der Waals surface area contributed by atoms with Crippen LogP contribution in [0.25, 0.3) is 0 Å². The fraction of sp³-hybridized carbons (Fsp3) is 0.222. The number of rotatable bonds is 2. The van der Waals surface area contributed by atoms with Gasteiger partial charge in [0.15, 0.2) is 0 Å². The standard InChI is InChI=1S/C9H9O2Si/c1-7(10)11-6-8-4-2-3-5-9(8)12/h2-5H,6H2,1H3. The molecule has 0 saturated carbocycles. The number of esters is 1. The van der Waals surface area contributed by atoms with Crippen LogP contribution in [0.15, 0.2) is 24.3 Å². The smallest absolute Gasteiger partial charge is 0.302 e. The fourth-order valence-electron chi connectivity index (χ4n) is 0.826. The highest BCUT2D eigenvalue weighted by atomic mass is 28.1. The van der Waals surface area contributed by atoms with E-state index in [2.05, 4.69) is 10.2 Å². The molecule has 2 nitrogen and oxygen atoms in total. The average molecular weight is 177 g/mol. The summed E-state index contributed by atoms with van der Waals surface area (Å²) in [6, 6.07) is 7.64. The Morgan fingerprint density at radius 2 is 2.17 bits per heavy atom. The van der Waals surface area contributed by atoms with Crippen molar-refractivity contribution in [3.63, 3.8) is 0 Å². The third-order valence-electron chi connectivity index (χ3n) is 1.45. The van der Waals surface area contributed by atoms with Gasteiger partial charge in [-0.25, -0.2) is 0 Å². The van der Waals surface area contributed by atoms with Crippen molar-refractivity contribution in [3.8, 4) is 0 Å². The molecule has 3 heteroatoms. The molecule has 3 radical (unpaired) electrons. The van der Waals surface area contributed by atoms with Gasteiger partial charge in [0.25, 0.3) is 0 Å². The van der Waals surface area contributed by atoms with Crippen molar-refractivity contribution in [2.24, 2.45) is 0 Å². The minimum absolute atomic E-state index is 0.259. The van der Waals surface area contributed by atoms with Gasteiger partial charge < -0.3 is 4.74 Å². The maximum Gasteiger partial charge on any atom is 0.302 e. The van der Waals surface area contributed by atoms with Gasteiger partial charge in [-0.1, -0.05) is 29.5 Å². The van der Waals surface area contributed by atoms with Crippen molar-refractivity contribution < 1.29 is 9.53 Å². The van der Waals surface area contributed by atoms with E-state index in [4.69, 9.17) is 4.74 Å². The zero-order valence-corrected chi connectivity index (χ0v) is 7.83. The number of carbonyl (C=O) groups excluding carboxylic acids is 1. The molecule has 0 heterocycles. The Morgan fingerprint density at radius 3 is 2.75 bits per heavy atom. The Morgan fingerprint density at radius 1 is 1.50 bits per heavy atom. The van der Waals surface area contributed by atoms with Gasteiger partial charge in [0.1, 0.15) is 6.61 Å². The first-order chi connectivity index (χ1) is 5.70. The van der Waals surface area contributed by atoms with Crippen LogP contribution in [-0.2, 0) is 16.1 Å². The Balaban J connectivity index is 2.63. The maximum absolute atomic E-state index is 10.5. The van der Waals surface area contributed by atoms with Crippen molar-refractivity contribution >= 4 is 21.4 Å². The molecule has 0 amide bonds. The van der Waals surface area contributed by atoms with Crippen molar-refractivity contribution in [2.45, 2.75) is 13.5 Å². The molecule has 0 N–H and O–H groups in total. The second-order valence-corrected chi connectivity index (χ2v) is 2.98. The van der Waals surface area contributed by atoms with Crippen molar-refractivity contribution in [3.05, 3.63) is 29.8 Å². The van der Waals surface area contributed by atoms with Crippen LogP contribution in [0.1, 0.15) is 12.5 Å². The number of carbonyl (C=O) groups is 1. The summed E-state index contributed by atoms with van der Waals surface area (Å²) in [5.74, 6) is -0.259. The summed E-state index contributed by atoms with van der Waals surface area (Å²) >= 11 is 0. The molecule has 61 valence electrons. The van der Waals surface area contributed by atoms with Crippen LogP contribution in [0, 0.1) is 0 Å². The lowest BCUT2D eigenvalue weighted by molar-refractivity contribution is -0.142. The third-order valence-corrected chi connectivity index (χ3v) is 1.94. The van der Waals surface area contributed by atoms with Crippen LogP contribution in [0.4, 0.5) is 0 Å². The van der Waals surface area contributed by atoms with E-state index in [9.17, 15) is 4.79 Å². The van der Waals surface area contributed by atoms with Crippen LogP contribution >= 0.6 is 0 Å². The summed E-state index contributed by atoms with van der Waals surface area (Å²) in [6.07, 6.45) is 0. The average Bonchev–Trinajstić information content (AvgIpc) is 2.03. The van der Waals surface area contributed by atoms with E-state index >= 15 is 0 Å². The van der Waals surface area contributed by atoms with E-state index < -0.39 is 0 Å². The second-order valence-electron chi connectivity index (χ2n) is 2.44. The summed E-state index contributed by atoms with van der Waals surface area (Å²) in [7, 11) is 3.41. The SMILES string of the molecule is CC(=O)OCc1ccccc1[Si]. The Kier molecular flexibility index (Phi) is 3.05. The fourth-order valence-corrected chi connectivity index (χ4v) is 1.08. The van der Waals surface area contributed by atoms with E-state index in [1.807, 2.05) is 24.3 Å². The van der Waals surface area contributed by atoms with Gasteiger partial charge in [-0.05, 0) is 5.56 Å². The Labute approximate surface area is 75.0 Å². The summed E-state index contributed by atoms with van der Waals surface area (Å²) in [6.45, 7) is 1.73. The summed E-state index contributed by atoms with van der Waals surface area (Å²) in [5.41, 5.74) is 0.976.